The summed E-state index contributed by atoms with van der Waals surface area (Å²) in [6.07, 6.45) is 0.0191. The first-order valence-electron chi connectivity index (χ1n) is 6.14. The van der Waals surface area contributed by atoms with Crippen molar-refractivity contribution in [2.45, 2.75) is 68.2 Å². The third-order valence-electron chi connectivity index (χ3n) is 3.74. The summed E-state index contributed by atoms with van der Waals surface area (Å²) < 4.78 is 5.52. The zero-order valence-corrected chi connectivity index (χ0v) is 13.2. The molecule has 0 saturated heterocycles. The van der Waals surface area contributed by atoms with E-state index in [4.69, 9.17) is 4.74 Å². The number of hydrogen-bond acceptors (Lipinski definition) is 2. The van der Waals surface area contributed by atoms with E-state index in [0.29, 0.717) is 0 Å². The molecule has 0 spiro atoms. The van der Waals surface area contributed by atoms with Crippen LogP contribution in [-0.2, 0) is 9.53 Å². The molecule has 90 valence electrons. The SMILES string of the molecule is C[CH2][Ge]([CH2]C)([CH2]C)[CH](C)C(=O)OC(C)C. The van der Waals surface area contributed by atoms with Crippen molar-refractivity contribution in [2.24, 2.45) is 0 Å². The quantitative estimate of drug-likeness (QED) is 0.543. The van der Waals surface area contributed by atoms with E-state index in [1.165, 1.54) is 15.8 Å². The molecule has 0 radical (unpaired) electrons. The summed E-state index contributed by atoms with van der Waals surface area (Å²) in [5.41, 5.74) is 0. The number of carbonyl (C=O) groups excluding carboxylic acids is 1. The van der Waals surface area contributed by atoms with E-state index in [1.54, 1.807) is 0 Å². The van der Waals surface area contributed by atoms with Crippen LogP contribution in [0.25, 0.3) is 0 Å². The predicted molar refractivity (Wildman–Crippen MR) is 67.8 cm³/mol. The molecule has 3 heteroatoms. The Morgan fingerprint density at radius 1 is 1.07 bits per heavy atom. The number of ether oxygens (including phenoxy) is 1. The van der Waals surface area contributed by atoms with Crippen LogP contribution < -0.4 is 0 Å². The van der Waals surface area contributed by atoms with Crippen molar-refractivity contribution in [1.82, 2.24) is 0 Å². The minimum atomic E-state index is -1.97. The number of carbonyl (C=O) groups is 1. The van der Waals surface area contributed by atoms with Gasteiger partial charge in [-0.3, -0.25) is 0 Å². The molecule has 0 saturated carbocycles. The van der Waals surface area contributed by atoms with Gasteiger partial charge in [-0.25, -0.2) is 0 Å². The fourth-order valence-corrected chi connectivity index (χ4v) is 10.4. The van der Waals surface area contributed by atoms with Gasteiger partial charge in [-0.05, 0) is 0 Å². The van der Waals surface area contributed by atoms with Crippen molar-refractivity contribution in [3.8, 4) is 0 Å². The summed E-state index contributed by atoms with van der Waals surface area (Å²) >= 11 is -1.97. The van der Waals surface area contributed by atoms with Crippen LogP contribution in [0.5, 0.6) is 0 Å². The van der Waals surface area contributed by atoms with Gasteiger partial charge in [0.15, 0.2) is 0 Å². The van der Waals surface area contributed by atoms with E-state index in [1.807, 2.05) is 13.8 Å². The van der Waals surface area contributed by atoms with Gasteiger partial charge in [0.25, 0.3) is 0 Å². The van der Waals surface area contributed by atoms with Crippen molar-refractivity contribution in [2.75, 3.05) is 0 Å². The average molecular weight is 275 g/mol. The fraction of sp³-hybridized carbons (Fsp3) is 0.917. The maximum absolute atomic E-state index is 11.9. The summed E-state index contributed by atoms with van der Waals surface area (Å²) in [5.74, 6) is 0.0375. The van der Waals surface area contributed by atoms with E-state index in [0.717, 1.165) is 0 Å². The van der Waals surface area contributed by atoms with E-state index in [-0.39, 0.29) is 16.8 Å². The van der Waals surface area contributed by atoms with Crippen LogP contribution >= 0.6 is 0 Å². The summed E-state index contributed by atoms with van der Waals surface area (Å²) in [5, 5.41) is 3.67. The molecule has 0 aliphatic heterocycles. The Hall–Kier alpha value is 0.0129. The van der Waals surface area contributed by atoms with Gasteiger partial charge in [0.2, 0.25) is 0 Å². The molecule has 0 bridgehead atoms. The topological polar surface area (TPSA) is 26.3 Å². The molecule has 2 nitrogen and oxygen atoms in total. The first kappa shape index (κ1) is 15.0. The molecule has 0 aliphatic rings. The Bertz CT molecular complexity index is 190. The van der Waals surface area contributed by atoms with Gasteiger partial charge < -0.3 is 0 Å². The van der Waals surface area contributed by atoms with Crippen LogP contribution in [0, 0.1) is 0 Å². The van der Waals surface area contributed by atoms with Crippen molar-refractivity contribution >= 4 is 19.2 Å². The van der Waals surface area contributed by atoms with Crippen LogP contribution in [0.15, 0.2) is 0 Å². The van der Waals surface area contributed by atoms with E-state index >= 15 is 0 Å². The molecular formula is C12H26GeO2. The Morgan fingerprint density at radius 2 is 1.47 bits per heavy atom. The molecule has 1 unspecified atom stereocenters. The van der Waals surface area contributed by atoms with E-state index in [2.05, 4.69) is 27.7 Å². The Labute approximate surface area is 97.1 Å². The Balaban J connectivity index is 4.63. The monoisotopic (exact) mass is 276 g/mol. The van der Waals surface area contributed by atoms with E-state index < -0.39 is 13.3 Å². The normalized spacial score (nSPS) is 14.1. The second-order valence-electron chi connectivity index (χ2n) is 4.63. The maximum atomic E-state index is 11.9. The van der Waals surface area contributed by atoms with Crippen LogP contribution in [0.3, 0.4) is 0 Å². The van der Waals surface area contributed by atoms with Gasteiger partial charge in [-0.15, -0.1) is 0 Å². The molecule has 0 aromatic rings. The van der Waals surface area contributed by atoms with Gasteiger partial charge in [-0.1, -0.05) is 0 Å². The van der Waals surface area contributed by atoms with Crippen molar-refractivity contribution in [3.05, 3.63) is 0 Å². The molecule has 0 aromatic heterocycles. The molecule has 0 aromatic carbocycles. The first-order valence-corrected chi connectivity index (χ1v) is 11.8. The first-order chi connectivity index (χ1) is 6.93. The molecule has 1 atom stereocenters. The summed E-state index contributed by atoms with van der Waals surface area (Å²) in [4.78, 5) is 11.9. The van der Waals surface area contributed by atoms with Crippen LogP contribution in [0.2, 0.25) is 20.5 Å². The Morgan fingerprint density at radius 3 is 1.73 bits per heavy atom. The molecule has 15 heavy (non-hydrogen) atoms. The molecule has 0 rings (SSSR count). The summed E-state index contributed by atoms with van der Waals surface area (Å²) in [6, 6.07) is 0. The van der Waals surface area contributed by atoms with Crippen molar-refractivity contribution in [1.29, 1.82) is 0 Å². The van der Waals surface area contributed by atoms with Crippen LogP contribution in [-0.4, -0.2) is 25.3 Å². The third kappa shape index (κ3) is 3.82. The number of rotatable bonds is 6. The van der Waals surface area contributed by atoms with Crippen molar-refractivity contribution in [3.63, 3.8) is 0 Å². The summed E-state index contributed by atoms with van der Waals surface area (Å²) in [7, 11) is 0. The molecule has 0 heterocycles. The second-order valence-corrected chi connectivity index (χ2v) is 16.6. The van der Waals surface area contributed by atoms with Gasteiger partial charge >= 0.3 is 96.9 Å². The summed E-state index contributed by atoms with van der Waals surface area (Å²) in [6.45, 7) is 12.7. The zero-order valence-electron chi connectivity index (χ0n) is 11.1. The molecule has 0 N–H and O–H groups in total. The third-order valence-corrected chi connectivity index (χ3v) is 16.9. The predicted octanol–water partition coefficient (Wildman–Crippen LogP) is 3.84. The number of esters is 1. The van der Waals surface area contributed by atoms with Crippen LogP contribution in [0.1, 0.15) is 41.5 Å². The number of hydrogen-bond donors (Lipinski definition) is 0. The fourth-order valence-electron chi connectivity index (χ4n) is 2.25. The second kappa shape index (κ2) is 6.56. The van der Waals surface area contributed by atoms with E-state index in [9.17, 15) is 4.79 Å². The average Bonchev–Trinajstić information content (AvgIpc) is 2.20. The molecule has 0 amide bonds. The zero-order chi connectivity index (χ0) is 12.1. The van der Waals surface area contributed by atoms with Crippen molar-refractivity contribution < 1.29 is 9.53 Å². The van der Waals surface area contributed by atoms with Gasteiger partial charge in [0, 0.05) is 0 Å². The van der Waals surface area contributed by atoms with Gasteiger partial charge in [-0.2, -0.15) is 0 Å². The van der Waals surface area contributed by atoms with Gasteiger partial charge in [0.1, 0.15) is 0 Å². The molecule has 0 aliphatic carbocycles. The molecular weight excluding hydrogens is 249 g/mol. The van der Waals surface area contributed by atoms with Crippen LogP contribution in [0.4, 0.5) is 0 Å². The van der Waals surface area contributed by atoms with Gasteiger partial charge in [0.05, 0.1) is 0 Å². The standard InChI is InChI=1S/C12H26GeO2/c1-7-13(8-2,9-3)11(6)12(14)15-10(4)5/h10-11H,7-9H2,1-6H3. The minimum absolute atomic E-state index is 0.0191. The Kier molecular flexibility index (Phi) is 6.57. The molecule has 0 fully saturated rings.